The number of hydrogen-bond acceptors (Lipinski definition) is 2. The van der Waals surface area contributed by atoms with Crippen LogP contribution in [-0.4, -0.2) is 6.61 Å². The highest BCUT2D eigenvalue weighted by molar-refractivity contribution is 5.47. The molecule has 2 nitrogen and oxygen atoms in total. The van der Waals surface area contributed by atoms with E-state index in [9.17, 15) is 0 Å². The Labute approximate surface area is 84.1 Å². The number of benzene rings is 1. The van der Waals surface area contributed by atoms with Gasteiger partial charge in [-0.3, -0.25) is 0 Å². The molecule has 0 heterocycles. The Kier molecular flexibility index (Phi) is 2.41. The molecular weight excluding hydrogens is 174 g/mol. The molecule has 0 N–H and O–H groups in total. The van der Waals surface area contributed by atoms with Gasteiger partial charge in [0.05, 0.1) is 12.2 Å². The second-order valence-electron chi connectivity index (χ2n) is 3.82. The molecule has 1 aromatic carbocycles. The summed E-state index contributed by atoms with van der Waals surface area (Å²) in [5, 5.41) is 8.89. The second-order valence-corrected chi connectivity index (χ2v) is 3.82. The minimum absolute atomic E-state index is 0.644. The number of nitrogens with zero attached hydrogens (tertiary/aromatic N) is 1. The summed E-state index contributed by atoms with van der Waals surface area (Å²) < 4.78 is 5.66. The summed E-state index contributed by atoms with van der Waals surface area (Å²) in [6.07, 6.45) is 2.54. The molecule has 0 spiro atoms. The number of rotatable bonds is 3. The number of aryl methyl sites for hydroxylation is 1. The average Bonchev–Trinajstić information content (AvgIpc) is 2.99. The first kappa shape index (κ1) is 9.08. The van der Waals surface area contributed by atoms with Crippen LogP contribution in [0.25, 0.3) is 0 Å². The largest absolute Gasteiger partial charge is 0.492 e. The summed E-state index contributed by atoms with van der Waals surface area (Å²) in [6.45, 7) is 2.74. The SMILES string of the molecule is Cc1cccc(C#N)c1OCC1CC1. The lowest BCUT2D eigenvalue weighted by molar-refractivity contribution is 0.297. The van der Waals surface area contributed by atoms with E-state index >= 15 is 0 Å². The van der Waals surface area contributed by atoms with E-state index in [-0.39, 0.29) is 0 Å². The Hall–Kier alpha value is -1.49. The number of hydrogen-bond donors (Lipinski definition) is 0. The van der Waals surface area contributed by atoms with Crippen molar-refractivity contribution in [1.82, 2.24) is 0 Å². The summed E-state index contributed by atoms with van der Waals surface area (Å²) in [6, 6.07) is 7.82. The highest BCUT2D eigenvalue weighted by Crippen LogP contribution is 2.31. The first-order valence-corrected chi connectivity index (χ1v) is 4.94. The first-order chi connectivity index (χ1) is 6.81. The standard InChI is InChI=1S/C12H13NO/c1-9-3-2-4-11(7-13)12(9)14-8-10-5-6-10/h2-4,10H,5-6,8H2,1H3. The van der Waals surface area contributed by atoms with Gasteiger partial charge in [-0.05, 0) is 37.3 Å². The maximum Gasteiger partial charge on any atom is 0.139 e. The monoisotopic (exact) mass is 187 g/mol. The van der Waals surface area contributed by atoms with Crippen molar-refractivity contribution in [2.24, 2.45) is 5.92 Å². The van der Waals surface area contributed by atoms with Crippen molar-refractivity contribution in [3.63, 3.8) is 0 Å². The normalized spacial score (nSPS) is 14.9. The van der Waals surface area contributed by atoms with Crippen LogP contribution in [0.15, 0.2) is 18.2 Å². The lowest BCUT2D eigenvalue weighted by Crippen LogP contribution is -2.02. The zero-order valence-electron chi connectivity index (χ0n) is 8.29. The number of para-hydroxylation sites is 1. The molecule has 1 aliphatic carbocycles. The fourth-order valence-electron chi connectivity index (χ4n) is 1.42. The summed E-state index contributed by atoms with van der Waals surface area (Å²) in [5.41, 5.74) is 1.69. The molecule has 1 fully saturated rings. The minimum atomic E-state index is 0.644. The van der Waals surface area contributed by atoms with Crippen LogP contribution in [0.2, 0.25) is 0 Å². The molecule has 0 radical (unpaired) electrons. The lowest BCUT2D eigenvalue weighted by atomic mass is 10.1. The van der Waals surface area contributed by atoms with E-state index in [1.54, 1.807) is 6.07 Å². The van der Waals surface area contributed by atoms with Gasteiger partial charge in [-0.15, -0.1) is 0 Å². The van der Waals surface area contributed by atoms with Crippen molar-refractivity contribution in [3.8, 4) is 11.8 Å². The van der Waals surface area contributed by atoms with Crippen molar-refractivity contribution >= 4 is 0 Å². The molecule has 0 atom stereocenters. The second kappa shape index (κ2) is 3.71. The molecule has 14 heavy (non-hydrogen) atoms. The van der Waals surface area contributed by atoms with Gasteiger partial charge in [0.2, 0.25) is 0 Å². The Morgan fingerprint density at radius 3 is 2.93 bits per heavy atom. The summed E-state index contributed by atoms with van der Waals surface area (Å²) in [5.74, 6) is 1.49. The van der Waals surface area contributed by atoms with Gasteiger partial charge in [0.15, 0.2) is 0 Å². The number of ether oxygens (including phenoxy) is 1. The minimum Gasteiger partial charge on any atom is -0.492 e. The van der Waals surface area contributed by atoms with Crippen LogP contribution in [0, 0.1) is 24.2 Å². The molecule has 1 saturated carbocycles. The molecule has 0 saturated heterocycles. The maximum absolute atomic E-state index is 8.89. The third-order valence-corrected chi connectivity index (χ3v) is 2.49. The average molecular weight is 187 g/mol. The van der Waals surface area contributed by atoms with Gasteiger partial charge in [0, 0.05) is 0 Å². The third-order valence-electron chi connectivity index (χ3n) is 2.49. The maximum atomic E-state index is 8.89. The van der Waals surface area contributed by atoms with Gasteiger partial charge in [-0.1, -0.05) is 12.1 Å². The third kappa shape index (κ3) is 1.88. The van der Waals surface area contributed by atoms with Crippen molar-refractivity contribution in [2.45, 2.75) is 19.8 Å². The first-order valence-electron chi connectivity index (χ1n) is 4.94. The molecule has 0 aromatic heterocycles. The summed E-state index contributed by atoms with van der Waals surface area (Å²) in [7, 11) is 0. The Balaban J connectivity index is 2.16. The molecule has 2 rings (SSSR count). The van der Waals surface area contributed by atoms with Gasteiger partial charge in [-0.2, -0.15) is 5.26 Å². The number of nitriles is 1. The highest BCUT2D eigenvalue weighted by atomic mass is 16.5. The van der Waals surface area contributed by atoms with Gasteiger partial charge in [0.25, 0.3) is 0 Å². The molecular formula is C12H13NO. The van der Waals surface area contributed by atoms with Crippen LogP contribution in [0.4, 0.5) is 0 Å². The Morgan fingerprint density at radius 2 is 2.29 bits per heavy atom. The highest BCUT2D eigenvalue weighted by Gasteiger charge is 2.22. The van der Waals surface area contributed by atoms with Gasteiger partial charge in [0.1, 0.15) is 11.8 Å². The van der Waals surface area contributed by atoms with Crippen LogP contribution in [0.5, 0.6) is 5.75 Å². The molecule has 0 aliphatic heterocycles. The van der Waals surface area contributed by atoms with E-state index in [4.69, 9.17) is 10.00 Å². The van der Waals surface area contributed by atoms with Gasteiger partial charge >= 0.3 is 0 Å². The van der Waals surface area contributed by atoms with E-state index in [1.165, 1.54) is 12.8 Å². The van der Waals surface area contributed by atoms with Crippen molar-refractivity contribution in [2.75, 3.05) is 6.61 Å². The molecule has 0 unspecified atom stereocenters. The van der Waals surface area contributed by atoms with Gasteiger partial charge in [-0.25, -0.2) is 0 Å². The Morgan fingerprint density at radius 1 is 1.50 bits per heavy atom. The van der Waals surface area contributed by atoms with Crippen LogP contribution >= 0.6 is 0 Å². The molecule has 0 amide bonds. The van der Waals surface area contributed by atoms with Crippen LogP contribution in [0.3, 0.4) is 0 Å². The molecule has 0 bridgehead atoms. The molecule has 1 aromatic rings. The fraction of sp³-hybridized carbons (Fsp3) is 0.417. The van der Waals surface area contributed by atoms with E-state index in [0.717, 1.165) is 23.8 Å². The van der Waals surface area contributed by atoms with Crippen LogP contribution < -0.4 is 4.74 Å². The van der Waals surface area contributed by atoms with E-state index < -0.39 is 0 Å². The van der Waals surface area contributed by atoms with E-state index in [2.05, 4.69) is 6.07 Å². The fourth-order valence-corrected chi connectivity index (χ4v) is 1.42. The van der Waals surface area contributed by atoms with Crippen LogP contribution in [-0.2, 0) is 0 Å². The van der Waals surface area contributed by atoms with Crippen molar-refractivity contribution in [3.05, 3.63) is 29.3 Å². The Bertz CT molecular complexity index is 374. The van der Waals surface area contributed by atoms with Crippen LogP contribution in [0.1, 0.15) is 24.0 Å². The van der Waals surface area contributed by atoms with Gasteiger partial charge < -0.3 is 4.74 Å². The van der Waals surface area contributed by atoms with Crippen molar-refractivity contribution in [1.29, 1.82) is 5.26 Å². The topological polar surface area (TPSA) is 33.0 Å². The smallest absolute Gasteiger partial charge is 0.139 e. The molecule has 72 valence electrons. The van der Waals surface area contributed by atoms with E-state index in [0.29, 0.717) is 5.56 Å². The summed E-state index contributed by atoms with van der Waals surface area (Å²) >= 11 is 0. The predicted molar refractivity (Wildman–Crippen MR) is 54.1 cm³/mol. The quantitative estimate of drug-likeness (QED) is 0.728. The zero-order chi connectivity index (χ0) is 9.97. The van der Waals surface area contributed by atoms with Crippen molar-refractivity contribution < 1.29 is 4.74 Å². The molecule has 1 aliphatic rings. The predicted octanol–water partition coefficient (Wildman–Crippen LogP) is 2.66. The zero-order valence-corrected chi connectivity index (χ0v) is 8.29. The van der Waals surface area contributed by atoms with E-state index in [1.807, 2.05) is 19.1 Å². The summed E-state index contributed by atoms with van der Waals surface area (Å²) in [4.78, 5) is 0. The lowest BCUT2D eigenvalue weighted by Gasteiger charge is -2.09. The molecule has 2 heteroatoms.